The first-order chi connectivity index (χ1) is 15.1. The van der Waals surface area contributed by atoms with Gasteiger partial charge >= 0.3 is 6.03 Å². The first-order valence-corrected chi connectivity index (χ1v) is 10.8. The van der Waals surface area contributed by atoms with Crippen molar-refractivity contribution in [3.05, 3.63) is 65.2 Å². The number of ketones is 1. The monoisotopic (exact) mass is 433 g/mol. The molecule has 1 fully saturated rings. The van der Waals surface area contributed by atoms with Gasteiger partial charge in [0, 0.05) is 16.7 Å². The number of hydrogen-bond donors (Lipinski definition) is 2. The van der Waals surface area contributed by atoms with Crippen LogP contribution >= 0.6 is 0 Å². The summed E-state index contributed by atoms with van der Waals surface area (Å²) in [7, 11) is 0. The van der Waals surface area contributed by atoms with Crippen molar-refractivity contribution in [1.82, 2.24) is 10.2 Å². The van der Waals surface area contributed by atoms with E-state index in [1.54, 1.807) is 24.3 Å². The molecule has 4 amide bonds. The van der Waals surface area contributed by atoms with Gasteiger partial charge in [0.15, 0.2) is 5.78 Å². The molecular weight excluding hydrogens is 406 g/mol. The third kappa shape index (κ3) is 3.79. The standard InChI is InChI=1S/C25H27N3O4/c1-24(2,3)21(30)26-18-12-10-17(11-13-18)20(29)15-28-22(31)25(27-23(28)32)14-6-8-16-7-4-5-9-19(16)25/h4-5,7,9-13H,6,8,14-15H2,1-3H3,(H,26,30)(H,27,32)/t25-/m0/s1. The largest absolute Gasteiger partial charge is 0.326 e. The zero-order valence-electron chi connectivity index (χ0n) is 18.5. The number of Topliss-reactive ketones (excluding diaryl/α,β-unsaturated/α-hetero) is 1. The number of fused-ring (bicyclic) bond motifs is 2. The molecule has 7 nitrogen and oxygen atoms in total. The normalized spacial score (nSPS) is 20.2. The van der Waals surface area contributed by atoms with Gasteiger partial charge in [0.05, 0.1) is 6.54 Å². The second-order valence-electron chi connectivity index (χ2n) is 9.44. The molecule has 1 aliphatic heterocycles. The molecule has 0 saturated carbocycles. The van der Waals surface area contributed by atoms with E-state index in [9.17, 15) is 19.2 Å². The minimum absolute atomic E-state index is 0.131. The van der Waals surface area contributed by atoms with Crippen LogP contribution in [0.3, 0.4) is 0 Å². The number of benzene rings is 2. The van der Waals surface area contributed by atoms with Gasteiger partial charge < -0.3 is 10.6 Å². The van der Waals surface area contributed by atoms with Crippen molar-refractivity contribution < 1.29 is 19.2 Å². The lowest BCUT2D eigenvalue weighted by Gasteiger charge is -2.33. The van der Waals surface area contributed by atoms with Crippen molar-refractivity contribution in [2.75, 3.05) is 11.9 Å². The molecule has 2 aromatic rings. The second kappa shape index (κ2) is 7.89. The average molecular weight is 434 g/mol. The summed E-state index contributed by atoms with van der Waals surface area (Å²) in [6.07, 6.45) is 2.16. The Hall–Kier alpha value is -3.48. The molecule has 0 radical (unpaired) electrons. The average Bonchev–Trinajstić information content (AvgIpc) is 2.98. The maximum atomic E-state index is 13.3. The molecule has 1 aliphatic carbocycles. The molecule has 2 aliphatic rings. The Morgan fingerprint density at radius 2 is 1.75 bits per heavy atom. The third-order valence-electron chi connectivity index (χ3n) is 6.10. The van der Waals surface area contributed by atoms with Gasteiger partial charge in [-0.1, -0.05) is 45.0 Å². The van der Waals surface area contributed by atoms with Crippen LogP contribution in [0.2, 0.25) is 0 Å². The Morgan fingerprint density at radius 3 is 2.44 bits per heavy atom. The molecule has 2 N–H and O–H groups in total. The minimum Gasteiger partial charge on any atom is -0.326 e. The Labute approximate surface area is 187 Å². The molecule has 1 atom stereocenters. The Balaban J connectivity index is 1.49. The van der Waals surface area contributed by atoms with Crippen molar-refractivity contribution in [2.45, 2.75) is 45.6 Å². The number of rotatable bonds is 4. The number of carbonyl (C=O) groups is 4. The molecule has 1 saturated heterocycles. The number of nitrogens with zero attached hydrogens (tertiary/aromatic N) is 1. The Bertz CT molecular complexity index is 1100. The van der Waals surface area contributed by atoms with Crippen LogP contribution in [0.1, 0.15) is 55.1 Å². The van der Waals surface area contributed by atoms with Gasteiger partial charge in [-0.15, -0.1) is 0 Å². The number of amides is 4. The van der Waals surface area contributed by atoms with E-state index in [-0.39, 0.29) is 24.1 Å². The summed E-state index contributed by atoms with van der Waals surface area (Å²) >= 11 is 0. The van der Waals surface area contributed by atoms with Crippen LogP contribution in [0, 0.1) is 5.41 Å². The van der Waals surface area contributed by atoms with Gasteiger partial charge in [-0.25, -0.2) is 4.79 Å². The van der Waals surface area contributed by atoms with Crippen LogP contribution in [0.4, 0.5) is 10.5 Å². The second-order valence-corrected chi connectivity index (χ2v) is 9.44. The lowest BCUT2D eigenvalue weighted by atomic mass is 9.76. The lowest BCUT2D eigenvalue weighted by Crippen LogP contribution is -2.46. The summed E-state index contributed by atoms with van der Waals surface area (Å²) in [6, 6.07) is 13.5. The molecule has 0 aromatic heterocycles. The molecule has 1 spiro atoms. The van der Waals surface area contributed by atoms with Crippen LogP contribution in [-0.4, -0.2) is 35.1 Å². The summed E-state index contributed by atoms with van der Waals surface area (Å²) in [5.41, 5.74) is 1.18. The van der Waals surface area contributed by atoms with Crippen LogP contribution in [0.5, 0.6) is 0 Å². The topological polar surface area (TPSA) is 95.6 Å². The smallest absolute Gasteiger partial charge is 0.325 e. The number of carbonyl (C=O) groups excluding carboxylic acids is 4. The fourth-order valence-corrected chi connectivity index (χ4v) is 4.25. The maximum Gasteiger partial charge on any atom is 0.325 e. The summed E-state index contributed by atoms with van der Waals surface area (Å²) < 4.78 is 0. The van der Waals surface area contributed by atoms with E-state index in [1.807, 2.05) is 45.0 Å². The highest BCUT2D eigenvalue weighted by molar-refractivity contribution is 6.11. The number of aryl methyl sites for hydroxylation is 1. The molecular formula is C25H27N3O4. The van der Waals surface area contributed by atoms with E-state index in [1.165, 1.54) is 0 Å². The van der Waals surface area contributed by atoms with E-state index in [0.717, 1.165) is 28.9 Å². The lowest BCUT2D eigenvalue weighted by molar-refractivity contribution is -0.131. The highest BCUT2D eigenvalue weighted by atomic mass is 16.2. The first-order valence-electron chi connectivity index (χ1n) is 10.8. The summed E-state index contributed by atoms with van der Waals surface area (Å²) in [5.74, 6) is -0.852. The van der Waals surface area contributed by atoms with Crippen LogP contribution in [0.15, 0.2) is 48.5 Å². The number of nitrogens with one attached hydrogen (secondary N) is 2. The predicted octanol–water partition coefficient (Wildman–Crippen LogP) is 3.64. The number of urea groups is 1. The minimum atomic E-state index is -1.09. The van der Waals surface area contributed by atoms with Crippen molar-refractivity contribution in [3.8, 4) is 0 Å². The van der Waals surface area contributed by atoms with E-state index < -0.39 is 17.0 Å². The maximum absolute atomic E-state index is 13.3. The fourth-order valence-electron chi connectivity index (χ4n) is 4.25. The van der Waals surface area contributed by atoms with Gasteiger partial charge in [0.25, 0.3) is 5.91 Å². The molecule has 4 rings (SSSR count). The SMILES string of the molecule is CC(C)(C)C(=O)Nc1ccc(C(=O)CN2C(=O)N[C@]3(CCCc4ccccc43)C2=O)cc1. The summed E-state index contributed by atoms with van der Waals surface area (Å²) in [5, 5.41) is 5.67. The third-order valence-corrected chi connectivity index (χ3v) is 6.10. The molecule has 166 valence electrons. The van der Waals surface area contributed by atoms with Gasteiger partial charge in [0.1, 0.15) is 5.54 Å². The zero-order chi connectivity index (χ0) is 23.1. The molecule has 7 heteroatoms. The molecule has 0 unspecified atom stereocenters. The number of imide groups is 1. The molecule has 1 heterocycles. The highest BCUT2D eigenvalue weighted by Gasteiger charge is 2.54. The van der Waals surface area contributed by atoms with Crippen LogP contribution < -0.4 is 10.6 Å². The van der Waals surface area contributed by atoms with Gasteiger partial charge in [0.2, 0.25) is 5.91 Å². The van der Waals surface area contributed by atoms with Crippen LogP contribution in [-0.2, 0) is 21.5 Å². The van der Waals surface area contributed by atoms with E-state index in [4.69, 9.17) is 0 Å². The predicted molar refractivity (Wildman–Crippen MR) is 120 cm³/mol. The first kappa shape index (κ1) is 21.7. The zero-order valence-corrected chi connectivity index (χ0v) is 18.5. The fraction of sp³-hybridized carbons (Fsp3) is 0.360. The van der Waals surface area contributed by atoms with Crippen molar-refractivity contribution in [3.63, 3.8) is 0 Å². The Morgan fingerprint density at radius 1 is 1.06 bits per heavy atom. The van der Waals surface area contributed by atoms with Crippen molar-refractivity contribution in [2.24, 2.45) is 5.41 Å². The van der Waals surface area contributed by atoms with Crippen LogP contribution in [0.25, 0.3) is 0 Å². The number of hydrogen-bond acceptors (Lipinski definition) is 4. The molecule has 32 heavy (non-hydrogen) atoms. The number of anilines is 1. The summed E-state index contributed by atoms with van der Waals surface area (Å²) in [6.45, 7) is 5.11. The Kier molecular flexibility index (Phi) is 5.36. The van der Waals surface area contributed by atoms with Gasteiger partial charge in [-0.05, 0) is 54.7 Å². The van der Waals surface area contributed by atoms with Crippen molar-refractivity contribution in [1.29, 1.82) is 0 Å². The van der Waals surface area contributed by atoms with E-state index >= 15 is 0 Å². The highest BCUT2D eigenvalue weighted by Crippen LogP contribution is 2.39. The molecule has 2 aromatic carbocycles. The van der Waals surface area contributed by atoms with Gasteiger partial charge in [-0.3, -0.25) is 19.3 Å². The van der Waals surface area contributed by atoms with E-state index in [0.29, 0.717) is 17.7 Å². The van der Waals surface area contributed by atoms with Crippen molar-refractivity contribution >= 4 is 29.3 Å². The summed E-state index contributed by atoms with van der Waals surface area (Å²) in [4.78, 5) is 52.0. The molecule has 0 bridgehead atoms. The van der Waals surface area contributed by atoms with E-state index in [2.05, 4.69) is 10.6 Å². The quantitative estimate of drug-likeness (QED) is 0.568. The van der Waals surface area contributed by atoms with Gasteiger partial charge in [-0.2, -0.15) is 0 Å².